The number of hydrogen-bond acceptors (Lipinski definition) is 3. The Morgan fingerprint density at radius 3 is 2.17 bits per heavy atom. The molecule has 1 heterocycles. The number of carbonyl (C=O) groups is 1. The number of piperidine rings is 1. The van der Waals surface area contributed by atoms with Crippen LogP contribution in [0, 0.1) is 26.2 Å². The van der Waals surface area contributed by atoms with Crippen molar-refractivity contribution in [3.63, 3.8) is 0 Å². The lowest BCUT2D eigenvalue weighted by molar-refractivity contribution is -0.132. The molecule has 0 atom stereocenters. The van der Waals surface area contributed by atoms with Crippen LogP contribution >= 0.6 is 0 Å². The number of sulfonamides is 1. The van der Waals surface area contributed by atoms with Crippen molar-refractivity contribution < 1.29 is 13.2 Å². The summed E-state index contributed by atoms with van der Waals surface area (Å²) in [5.41, 5.74) is 3.48. The average molecular weight is 415 g/mol. The number of hydrogen-bond donors (Lipinski definition) is 1. The molecule has 0 bridgehead atoms. The third-order valence-corrected chi connectivity index (χ3v) is 7.95. The van der Waals surface area contributed by atoms with Gasteiger partial charge < -0.3 is 5.32 Å². The molecule has 0 aromatic heterocycles. The number of carbonyl (C=O) groups excluding carboxylic acids is 1. The quantitative estimate of drug-likeness (QED) is 0.811. The van der Waals surface area contributed by atoms with Crippen LogP contribution in [0.15, 0.2) is 47.4 Å². The Balaban J connectivity index is 1.63. The van der Waals surface area contributed by atoms with Crippen molar-refractivity contribution in [1.29, 1.82) is 0 Å². The third-order valence-electron chi connectivity index (χ3n) is 5.90. The van der Waals surface area contributed by atoms with Gasteiger partial charge in [-0.05, 0) is 50.8 Å². The Labute approximate surface area is 174 Å². The zero-order valence-electron chi connectivity index (χ0n) is 17.7. The van der Waals surface area contributed by atoms with Gasteiger partial charge in [0.25, 0.3) is 0 Å². The number of amides is 1. The van der Waals surface area contributed by atoms with Crippen LogP contribution in [0.3, 0.4) is 0 Å². The molecule has 1 amide bonds. The van der Waals surface area contributed by atoms with Gasteiger partial charge in [0.05, 0.1) is 4.90 Å². The molecule has 156 valence electrons. The maximum atomic E-state index is 13.1. The Kier molecular flexibility index (Phi) is 6.15. The van der Waals surface area contributed by atoms with E-state index in [0.29, 0.717) is 37.4 Å². The molecule has 1 aliphatic rings. The predicted octanol–water partition coefficient (Wildman–Crippen LogP) is 3.72. The predicted molar refractivity (Wildman–Crippen MR) is 115 cm³/mol. The van der Waals surface area contributed by atoms with Crippen molar-refractivity contribution in [2.24, 2.45) is 5.41 Å². The maximum Gasteiger partial charge on any atom is 0.243 e. The van der Waals surface area contributed by atoms with Gasteiger partial charge in [0.1, 0.15) is 0 Å². The molecular formula is C23H30N2O3S. The summed E-state index contributed by atoms with van der Waals surface area (Å²) in [5.74, 6) is -0.0124. The van der Waals surface area contributed by atoms with E-state index in [9.17, 15) is 13.2 Å². The minimum atomic E-state index is -3.54. The Bertz CT molecular complexity index is 989. The first kappa shape index (κ1) is 21.5. The van der Waals surface area contributed by atoms with Gasteiger partial charge in [0, 0.05) is 25.0 Å². The smallest absolute Gasteiger partial charge is 0.243 e. The van der Waals surface area contributed by atoms with Crippen molar-refractivity contribution in [3.8, 4) is 0 Å². The molecule has 1 N–H and O–H groups in total. The van der Waals surface area contributed by atoms with Crippen molar-refractivity contribution in [2.75, 3.05) is 13.1 Å². The fraction of sp³-hybridized carbons (Fsp3) is 0.435. The Hall–Kier alpha value is -2.18. The Morgan fingerprint density at radius 2 is 1.59 bits per heavy atom. The molecule has 1 fully saturated rings. The highest BCUT2D eigenvalue weighted by atomic mass is 32.2. The SMILES string of the molecule is Cc1ccc(CNC(=O)C2(C)CCN(S(=O)(=O)c3ccc(C)cc3C)CC2)cc1. The van der Waals surface area contributed by atoms with Gasteiger partial charge in [0.15, 0.2) is 0 Å². The van der Waals surface area contributed by atoms with Crippen LogP contribution in [0.25, 0.3) is 0 Å². The van der Waals surface area contributed by atoms with Gasteiger partial charge in [-0.15, -0.1) is 0 Å². The van der Waals surface area contributed by atoms with Gasteiger partial charge in [-0.25, -0.2) is 8.42 Å². The van der Waals surface area contributed by atoms with Crippen LogP contribution in [0.2, 0.25) is 0 Å². The number of nitrogens with zero attached hydrogens (tertiary/aromatic N) is 1. The summed E-state index contributed by atoms with van der Waals surface area (Å²) in [6.07, 6.45) is 1.02. The van der Waals surface area contributed by atoms with E-state index in [4.69, 9.17) is 0 Å². The van der Waals surface area contributed by atoms with Gasteiger partial charge >= 0.3 is 0 Å². The minimum absolute atomic E-state index is 0.0124. The number of aryl methyl sites for hydroxylation is 3. The van der Waals surface area contributed by atoms with E-state index in [1.807, 2.05) is 64.1 Å². The van der Waals surface area contributed by atoms with E-state index < -0.39 is 15.4 Å². The fourth-order valence-electron chi connectivity index (χ4n) is 3.78. The van der Waals surface area contributed by atoms with E-state index in [1.54, 1.807) is 6.07 Å². The third kappa shape index (κ3) is 4.70. The van der Waals surface area contributed by atoms with Crippen LogP contribution in [-0.2, 0) is 21.4 Å². The van der Waals surface area contributed by atoms with E-state index in [-0.39, 0.29) is 5.91 Å². The highest BCUT2D eigenvalue weighted by Crippen LogP contribution is 2.34. The lowest BCUT2D eigenvalue weighted by Crippen LogP contribution is -2.48. The first-order valence-corrected chi connectivity index (χ1v) is 11.5. The van der Waals surface area contributed by atoms with Crippen LogP contribution < -0.4 is 5.32 Å². The molecule has 2 aromatic rings. The number of nitrogens with one attached hydrogen (secondary N) is 1. The largest absolute Gasteiger partial charge is 0.352 e. The van der Waals surface area contributed by atoms with Crippen molar-refractivity contribution in [3.05, 3.63) is 64.7 Å². The van der Waals surface area contributed by atoms with Crippen LogP contribution in [0.1, 0.15) is 42.0 Å². The number of rotatable bonds is 5. The summed E-state index contributed by atoms with van der Waals surface area (Å²) in [7, 11) is -3.54. The molecule has 1 aliphatic heterocycles. The molecule has 2 aromatic carbocycles. The molecule has 29 heavy (non-hydrogen) atoms. The summed E-state index contributed by atoms with van der Waals surface area (Å²) in [6, 6.07) is 13.5. The fourth-order valence-corrected chi connectivity index (χ4v) is 5.42. The number of benzene rings is 2. The first-order chi connectivity index (χ1) is 13.6. The van der Waals surface area contributed by atoms with Crippen molar-refractivity contribution in [1.82, 2.24) is 9.62 Å². The molecule has 1 saturated heterocycles. The molecule has 5 nitrogen and oxygen atoms in total. The Morgan fingerprint density at radius 1 is 1.00 bits per heavy atom. The lowest BCUT2D eigenvalue weighted by Gasteiger charge is -2.37. The summed E-state index contributed by atoms with van der Waals surface area (Å²) in [6.45, 7) is 8.92. The van der Waals surface area contributed by atoms with Crippen molar-refractivity contribution >= 4 is 15.9 Å². The molecule has 0 saturated carbocycles. The highest BCUT2D eigenvalue weighted by Gasteiger charge is 2.40. The zero-order chi connectivity index (χ0) is 21.2. The summed E-state index contributed by atoms with van der Waals surface area (Å²) >= 11 is 0. The van der Waals surface area contributed by atoms with E-state index >= 15 is 0 Å². The molecule has 3 rings (SSSR count). The minimum Gasteiger partial charge on any atom is -0.352 e. The molecular weight excluding hydrogens is 384 g/mol. The molecule has 0 unspecified atom stereocenters. The lowest BCUT2D eigenvalue weighted by atomic mass is 9.80. The molecule has 0 aliphatic carbocycles. The highest BCUT2D eigenvalue weighted by molar-refractivity contribution is 7.89. The molecule has 0 spiro atoms. The normalized spacial score (nSPS) is 17.1. The summed E-state index contributed by atoms with van der Waals surface area (Å²) in [5, 5.41) is 3.02. The summed E-state index contributed by atoms with van der Waals surface area (Å²) < 4.78 is 27.6. The van der Waals surface area contributed by atoms with Gasteiger partial charge in [0.2, 0.25) is 15.9 Å². The second-order valence-corrected chi connectivity index (χ2v) is 10.3. The maximum absolute atomic E-state index is 13.1. The van der Waals surface area contributed by atoms with Crippen molar-refractivity contribution in [2.45, 2.75) is 52.0 Å². The average Bonchev–Trinajstić information content (AvgIpc) is 2.67. The van der Waals surface area contributed by atoms with Gasteiger partial charge in [-0.1, -0.05) is 54.4 Å². The van der Waals surface area contributed by atoms with Gasteiger partial charge in [-0.2, -0.15) is 4.31 Å². The monoisotopic (exact) mass is 414 g/mol. The second kappa shape index (κ2) is 8.28. The van der Waals surface area contributed by atoms with Crippen LogP contribution in [0.4, 0.5) is 0 Å². The molecule has 0 radical (unpaired) electrons. The van der Waals surface area contributed by atoms with Crippen LogP contribution in [-0.4, -0.2) is 31.7 Å². The van der Waals surface area contributed by atoms with E-state index in [1.165, 1.54) is 9.87 Å². The summed E-state index contributed by atoms with van der Waals surface area (Å²) in [4.78, 5) is 13.2. The topological polar surface area (TPSA) is 66.5 Å². The standard InChI is InChI=1S/C23H30N2O3S/c1-17-5-8-20(9-6-17)16-24-22(26)23(4)11-13-25(14-12-23)29(27,28)21-10-7-18(2)15-19(21)3/h5-10,15H,11-14,16H2,1-4H3,(H,24,26). The second-order valence-electron chi connectivity index (χ2n) is 8.40. The molecule has 6 heteroatoms. The van der Waals surface area contributed by atoms with Crippen LogP contribution in [0.5, 0.6) is 0 Å². The van der Waals surface area contributed by atoms with Gasteiger partial charge in [-0.3, -0.25) is 4.79 Å². The first-order valence-electron chi connectivity index (χ1n) is 10.0. The van der Waals surface area contributed by atoms with E-state index in [2.05, 4.69) is 5.32 Å². The van der Waals surface area contributed by atoms with E-state index in [0.717, 1.165) is 16.7 Å². The zero-order valence-corrected chi connectivity index (χ0v) is 18.5.